The van der Waals surface area contributed by atoms with Crippen molar-refractivity contribution >= 4 is 0 Å². The molecule has 1 aromatic rings. The Morgan fingerprint density at radius 1 is 1.05 bits per heavy atom. The van der Waals surface area contributed by atoms with Crippen LogP contribution in [0.5, 0.6) is 0 Å². The van der Waals surface area contributed by atoms with Gasteiger partial charge >= 0.3 is 6.18 Å². The summed E-state index contributed by atoms with van der Waals surface area (Å²) in [5.41, 5.74) is -1.52. The van der Waals surface area contributed by atoms with Crippen molar-refractivity contribution in [1.29, 1.82) is 0 Å². The minimum absolute atomic E-state index is 0.0529. The third kappa shape index (κ3) is 1.80. The van der Waals surface area contributed by atoms with Crippen LogP contribution < -0.4 is 5.32 Å². The van der Waals surface area contributed by atoms with E-state index in [1.54, 1.807) is 24.3 Å². The van der Waals surface area contributed by atoms with Gasteiger partial charge in [-0.05, 0) is 18.4 Å². The average Bonchev–Trinajstić information content (AvgIpc) is 2.86. The minimum atomic E-state index is -4.19. The summed E-state index contributed by atoms with van der Waals surface area (Å²) in [5.74, 6) is 0. The van der Waals surface area contributed by atoms with Crippen LogP contribution in [0.2, 0.25) is 0 Å². The largest absolute Gasteiger partial charge is 0.407 e. The van der Waals surface area contributed by atoms with Crippen molar-refractivity contribution in [1.82, 2.24) is 5.32 Å². The van der Waals surface area contributed by atoms with E-state index in [4.69, 9.17) is 0 Å². The van der Waals surface area contributed by atoms with E-state index >= 15 is 0 Å². The van der Waals surface area contributed by atoms with Gasteiger partial charge in [0, 0.05) is 18.4 Å². The van der Waals surface area contributed by atoms with Crippen LogP contribution in [-0.2, 0) is 6.42 Å². The van der Waals surface area contributed by atoms with Gasteiger partial charge in [0.2, 0.25) is 0 Å². The highest BCUT2D eigenvalue weighted by Crippen LogP contribution is 2.59. The number of nitrogens with one attached hydrogen (secondary N) is 1. The van der Waals surface area contributed by atoms with E-state index in [0.29, 0.717) is 19.4 Å². The first-order valence-electron chi connectivity index (χ1n) is 6.85. The highest BCUT2D eigenvalue weighted by Gasteiger charge is 2.71. The van der Waals surface area contributed by atoms with Gasteiger partial charge in [-0.2, -0.15) is 13.2 Å². The summed E-state index contributed by atoms with van der Waals surface area (Å²) in [5, 5.41) is 2.76. The van der Waals surface area contributed by atoms with Gasteiger partial charge < -0.3 is 5.32 Å². The van der Waals surface area contributed by atoms with Crippen LogP contribution in [0.25, 0.3) is 0 Å². The Morgan fingerprint density at radius 2 is 1.68 bits per heavy atom. The number of rotatable bonds is 2. The number of hydrogen-bond acceptors (Lipinski definition) is 1. The maximum atomic E-state index is 13.7. The fraction of sp³-hybridized carbons (Fsp3) is 0.600. The minimum Gasteiger partial charge on any atom is -0.302 e. The summed E-state index contributed by atoms with van der Waals surface area (Å²) in [6.07, 6.45) is -0.885. The first-order chi connectivity index (χ1) is 8.99. The molecule has 1 N–H and O–H groups in total. The summed E-state index contributed by atoms with van der Waals surface area (Å²) >= 11 is 0. The summed E-state index contributed by atoms with van der Waals surface area (Å²) in [7, 11) is 0. The quantitative estimate of drug-likeness (QED) is 0.863. The van der Waals surface area contributed by atoms with Crippen molar-refractivity contribution in [3.05, 3.63) is 35.9 Å². The lowest BCUT2D eigenvalue weighted by Crippen LogP contribution is -2.79. The van der Waals surface area contributed by atoms with E-state index < -0.39 is 17.1 Å². The van der Waals surface area contributed by atoms with Crippen LogP contribution in [-0.4, -0.2) is 18.3 Å². The molecule has 1 unspecified atom stereocenters. The van der Waals surface area contributed by atoms with Crippen LogP contribution in [0.4, 0.5) is 13.2 Å². The first-order valence-corrected chi connectivity index (χ1v) is 6.85. The van der Waals surface area contributed by atoms with Gasteiger partial charge in [0.25, 0.3) is 0 Å². The number of alkyl halides is 3. The molecule has 1 saturated carbocycles. The van der Waals surface area contributed by atoms with Crippen molar-refractivity contribution in [3.8, 4) is 0 Å². The summed E-state index contributed by atoms with van der Waals surface area (Å²) in [4.78, 5) is 0. The Bertz CT molecular complexity index is 448. The van der Waals surface area contributed by atoms with Gasteiger partial charge in [0.15, 0.2) is 0 Å². The van der Waals surface area contributed by atoms with Gasteiger partial charge in [-0.15, -0.1) is 0 Å². The molecule has 1 atom stereocenters. The molecule has 4 heteroatoms. The predicted octanol–water partition coefficient (Wildman–Crippen LogP) is 3.69. The Morgan fingerprint density at radius 3 is 2.16 bits per heavy atom. The lowest BCUT2D eigenvalue weighted by atomic mass is 9.58. The van der Waals surface area contributed by atoms with Crippen molar-refractivity contribution < 1.29 is 13.2 Å². The zero-order valence-corrected chi connectivity index (χ0v) is 10.8. The molecule has 0 bridgehead atoms. The van der Waals surface area contributed by atoms with E-state index in [-0.39, 0.29) is 6.42 Å². The predicted molar refractivity (Wildman–Crippen MR) is 67.8 cm³/mol. The van der Waals surface area contributed by atoms with Crippen LogP contribution in [0.15, 0.2) is 30.3 Å². The average molecular weight is 269 g/mol. The zero-order valence-electron chi connectivity index (χ0n) is 10.8. The topological polar surface area (TPSA) is 12.0 Å². The van der Waals surface area contributed by atoms with Crippen molar-refractivity contribution in [2.45, 2.75) is 43.8 Å². The monoisotopic (exact) mass is 269 g/mol. The second kappa shape index (κ2) is 4.23. The van der Waals surface area contributed by atoms with E-state index in [0.717, 1.165) is 18.4 Å². The SMILES string of the molecule is FC(F)(F)C1(Cc2ccccc2)NCC12CCCC2. The lowest BCUT2D eigenvalue weighted by Gasteiger charge is -2.59. The Hall–Kier alpha value is -1.03. The molecule has 1 nitrogen and oxygen atoms in total. The standard InChI is InChI=1S/C15H18F3N/c16-15(17,18)14(10-12-6-2-1-3-7-12)13(11-19-14)8-4-5-9-13/h1-3,6-7,19H,4-5,8-11H2. The van der Waals surface area contributed by atoms with Gasteiger partial charge in [-0.25, -0.2) is 0 Å². The number of benzene rings is 1. The smallest absolute Gasteiger partial charge is 0.302 e. The van der Waals surface area contributed by atoms with Gasteiger partial charge in [-0.3, -0.25) is 0 Å². The highest BCUT2D eigenvalue weighted by atomic mass is 19.4. The molecule has 1 saturated heterocycles. The Labute approximate surface area is 111 Å². The van der Waals surface area contributed by atoms with Gasteiger partial charge in [0.05, 0.1) is 0 Å². The number of hydrogen-bond donors (Lipinski definition) is 1. The molecular weight excluding hydrogens is 251 g/mol. The third-order valence-electron chi connectivity index (χ3n) is 4.99. The molecule has 0 aromatic heterocycles. The lowest BCUT2D eigenvalue weighted by molar-refractivity contribution is -0.264. The highest BCUT2D eigenvalue weighted by molar-refractivity contribution is 5.27. The molecule has 1 aromatic carbocycles. The first kappa shape index (κ1) is 13.0. The maximum absolute atomic E-state index is 13.7. The molecule has 1 aliphatic heterocycles. The van der Waals surface area contributed by atoms with E-state index in [9.17, 15) is 13.2 Å². The third-order valence-corrected chi connectivity index (χ3v) is 4.99. The maximum Gasteiger partial charge on any atom is 0.407 e. The van der Waals surface area contributed by atoms with Gasteiger partial charge in [0.1, 0.15) is 5.54 Å². The molecule has 2 aliphatic rings. The molecule has 1 spiro atoms. The molecular formula is C15H18F3N. The van der Waals surface area contributed by atoms with Crippen LogP contribution >= 0.6 is 0 Å². The van der Waals surface area contributed by atoms with Crippen molar-refractivity contribution in [2.75, 3.05) is 6.54 Å². The Balaban J connectivity index is 1.95. The molecule has 0 amide bonds. The summed E-state index contributed by atoms with van der Waals surface area (Å²) in [6, 6.07) is 9.02. The van der Waals surface area contributed by atoms with E-state index in [2.05, 4.69) is 5.32 Å². The Kier molecular flexibility index (Phi) is 2.89. The summed E-state index contributed by atoms with van der Waals surface area (Å²) < 4.78 is 41.0. The van der Waals surface area contributed by atoms with Crippen LogP contribution in [0, 0.1) is 5.41 Å². The molecule has 2 fully saturated rings. The van der Waals surface area contributed by atoms with E-state index in [1.165, 1.54) is 0 Å². The zero-order chi connectivity index (χ0) is 13.6. The number of halogens is 3. The molecule has 1 heterocycles. The van der Waals surface area contributed by atoms with E-state index in [1.807, 2.05) is 6.07 Å². The molecule has 19 heavy (non-hydrogen) atoms. The van der Waals surface area contributed by atoms with Crippen molar-refractivity contribution in [3.63, 3.8) is 0 Å². The van der Waals surface area contributed by atoms with Crippen molar-refractivity contribution in [2.24, 2.45) is 5.41 Å². The van der Waals surface area contributed by atoms with Crippen LogP contribution in [0.1, 0.15) is 31.2 Å². The molecule has 1 aliphatic carbocycles. The molecule has 3 rings (SSSR count). The van der Waals surface area contributed by atoms with Gasteiger partial charge in [-0.1, -0.05) is 43.2 Å². The summed E-state index contributed by atoms with van der Waals surface area (Å²) in [6.45, 7) is 0.513. The van der Waals surface area contributed by atoms with Crippen LogP contribution in [0.3, 0.4) is 0 Å². The molecule has 104 valence electrons. The fourth-order valence-corrected chi connectivity index (χ4v) is 3.86. The molecule has 0 radical (unpaired) electrons. The fourth-order valence-electron chi connectivity index (χ4n) is 3.86. The normalized spacial score (nSPS) is 29.4. The second-order valence-electron chi connectivity index (χ2n) is 5.91. The second-order valence-corrected chi connectivity index (χ2v) is 5.91.